The lowest BCUT2D eigenvalue weighted by Crippen LogP contribution is -2.27. The van der Waals surface area contributed by atoms with E-state index in [4.69, 9.17) is 11.6 Å². The number of aryl methyl sites for hydroxylation is 1. The molecule has 0 spiro atoms. The molecule has 0 saturated carbocycles. The highest BCUT2D eigenvalue weighted by Gasteiger charge is 2.34. The average molecular weight is 437 g/mol. The maximum Gasteiger partial charge on any atom is 0.257 e. The number of amides is 2. The Hall–Kier alpha value is -2.76. The van der Waals surface area contributed by atoms with Crippen molar-refractivity contribution in [2.24, 2.45) is 0 Å². The zero-order chi connectivity index (χ0) is 21.1. The number of carbonyl (C=O) groups excluding carboxylic acids is 2. The molecule has 152 valence electrons. The molecule has 3 aromatic carbocycles. The second kappa shape index (κ2) is 8.94. The van der Waals surface area contributed by atoms with E-state index in [1.54, 1.807) is 36.0 Å². The smallest absolute Gasteiger partial charge is 0.257 e. The average Bonchev–Trinajstić information content (AvgIpc) is 3.16. The van der Waals surface area contributed by atoms with Crippen molar-refractivity contribution < 1.29 is 9.59 Å². The van der Waals surface area contributed by atoms with Crippen molar-refractivity contribution in [2.45, 2.75) is 18.7 Å². The van der Waals surface area contributed by atoms with Crippen molar-refractivity contribution in [3.05, 3.63) is 94.5 Å². The summed E-state index contributed by atoms with van der Waals surface area (Å²) in [6, 6.07) is 22.7. The van der Waals surface area contributed by atoms with E-state index in [-0.39, 0.29) is 17.2 Å². The molecule has 4 rings (SSSR count). The van der Waals surface area contributed by atoms with E-state index in [2.05, 4.69) is 24.4 Å². The van der Waals surface area contributed by atoms with Crippen molar-refractivity contribution in [3.63, 3.8) is 0 Å². The van der Waals surface area contributed by atoms with Gasteiger partial charge in [-0.05, 0) is 53.9 Å². The number of halogens is 1. The van der Waals surface area contributed by atoms with E-state index in [0.717, 1.165) is 17.7 Å². The Morgan fingerprint density at radius 3 is 2.60 bits per heavy atom. The van der Waals surface area contributed by atoms with Crippen LogP contribution in [-0.4, -0.2) is 17.6 Å². The van der Waals surface area contributed by atoms with Crippen LogP contribution in [0, 0.1) is 0 Å². The van der Waals surface area contributed by atoms with Crippen molar-refractivity contribution in [1.29, 1.82) is 0 Å². The number of thioether (sulfide) groups is 1. The molecular weight excluding hydrogens is 416 g/mol. The number of nitrogens with one attached hydrogen (secondary N) is 1. The Bertz CT molecular complexity index is 1080. The summed E-state index contributed by atoms with van der Waals surface area (Å²) in [6.07, 6.45) is 0.924. The number of benzene rings is 3. The SMILES string of the molecule is CCc1cccc(N2C(=O)CS[C@@H]2c2ccc(NC(=O)c3ccccc3Cl)cc2)c1. The van der Waals surface area contributed by atoms with Gasteiger partial charge in [-0.2, -0.15) is 0 Å². The first-order chi connectivity index (χ1) is 14.6. The third-order valence-corrected chi connectivity index (χ3v) is 6.58. The van der Waals surface area contributed by atoms with E-state index in [0.29, 0.717) is 22.0 Å². The Balaban J connectivity index is 1.53. The fraction of sp³-hybridized carbons (Fsp3) is 0.167. The largest absolute Gasteiger partial charge is 0.322 e. The fourth-order valence-corrected chi connectivity index (χ4v) is 4.85. The van der Waals surface area contributed by atoms with Gasteiger partial charge >= 0.3 is 0 Å². The second-order valence-corrected chi connectivity index (χ2v) is 8.48. The molecular formula is C24H21ClN2O2S. The van der Waals surface area contributed by atoms with Gasteiger partial charge in [-0.25, -0.2) is 0 Å². The summed E-state index contributed by atoms with van der Waals surface area (Å²) in [7, 11) is 0. The molecule has 6 heteroatoms. The third kappa shape index (κ3) is 4.23. The topological polar surface area (TPSA) is 49.4 Å². The molecule has 3 aromatic rings. The molecule has 4 nitrogen and oxygen atoms in total. The van der Waals surface area contributed by atoms with Crippen LogP contribution in [0.2, 0.25) is 5.02 Å². The zero-order valence-electron chi connectivity index (χ0n) is 16.5. The van der Waals surface area contributed by atoms with Crippen LogP contribution in [0.4, 0.5) is 11.4 Å². The summed E-state index contributed by atoms with van der Waals surface area (Å²) in [5.41, 5.74) is 4.25. The quantitative estimate of drug-likeness (QED) is 0.539. The number of carbonyl (C=O) groups is 2. The first-order valence-electron chi connectivity index (χ1n) is 9.75. The number of nitrogens with zero attached hydrogens (tertiary/aromatic N) is 1. The van der Waals surface area contributed by atoms with E-state index in [1.807, 2.05) is 41.3 Å². The van der Waals surface area contributed by atoms with E-state index >= 15 is 0 Å². The number of hydrogen-bond acceptors (Lipinski definition) is 3. The van der Waals surface area contributed by atoms with Crippen molar-refractivity contribution in [3.8, 4) is 0 Å². The summed E-state index contributed by atoms with van der Waals surface area (Å²) < 4.78 is 0. The van der Waals surface area contributed by atoms with Gasteiger partial charge in [-0.15, -0.1) is 11.8 Å². The van der Waals surface area contributed by atoms with Gasteiger partial charge in [0.05, 0.1) is 16.3 Å². The Morgan fingerprint density at radius 2 is 1.87 bits per heavy atom. The second-order valence-electron chi connectivity index (χ2n) is 7.01. The molecule has 1 saturated heterocycles. The molecule has 0 radical (unpaired) electrons. The summed E-state index contributed by atoms with van der Waals surface area (Å²) in [6.45, 7) is 2.10. The third-order valence-electron chi connectivity index (χ3n) is 5.04. The minimum absolute atomic E-state index is 0.0853. The maximum atomic E-state index is 12.6. The van der Waals surface area contributed by atoms with Gasteiger partial charge in [0.15, 0.2) is 0 Å². The van der Waals surface area contributed by atoms with Crippen molar-refractivity contribution >= 4 is 46.6 Å². The molecule has 0 bridgehead atoms. The Kier molecular flexibility index (Phi) is 6.11. The van der Waals surface area contributed by atoms with Gasteiger partial charge < -0.3 is 5.32 Å². The van der Waals surface area contributed by atoms with Crippen LogP contribution in [0.5, 0.6) is 0 Å². The van der Waals surface area contributed by atoms with Crippen LogP contribution < -0.4 is 10.2 Å². The zero-order valence-corrected chi connectivity index (χ0v) is 18.0. The Labute approximate surface area is 185 Å². The normalized spacial score (nSPS) is 16.0. The molecule has 1 atom stereocenters. The van der Waals surface area contributed by atoms with Crippen molar-refractivity contribution in [1.82, 2.24) is 0 Å². The molecule has 0 aliphatic carbocycles. The fourth-order valence-electron chi connectivity index (χ4n) is 3.45. The number of hydrogen-bond donors (Lipinski definition) is 1. The molecule has 1 aliphatic rings. The summed E-state index contributed by atoms with van der Waals surface area (Å²) >= 11 is 7.72. The summed E-state index contributed by atoms with van der Waals surface area (Å²) in [5.74, 6) is 0.303. The highest BCUT2D eigenvalue weighted by Crippen LogP contribution is 2.42. The standard InChI is InChI=1S/C24H21ClN2O2S/c1-2-16-6-5-7-19(14-16)27-22(28)15-30-24(27)17-10-12-18(13-11-17)26-23(29)20-8-3-4-9-21(20)25/h3-14,24H,2,15H2,1H3,(H,26,29)/t24-/m1/s1. The lowest BCUT2D eigenvalue weighted by atomic mass is 10.1. The van der Waals surface area contributed by atoms with E-state index in [9.17, 15) is 9.59 Å². The van der Waals surface area contributed by atoms with Gasteiger partial charge in [0.2, 0.25) is 5.91 Å². The van der Waals surface area contributed by atoms with Crippen LogP contribution in [-0.2, 0) is 11.2 Å². The molecule has 0 unspecified atom stereocenters. The van der Waals surface area contributed by atoms with Crippen LogP contribution in [0.3, 0.4) is 0 Å². The first kappa shape index (κ1) is 20.5. The molecule has 1 heterocycles. The van der Waals surface area contributed by atoms with Gasteiger partial charge in [0.25, 0.3) is 5.91 Å². The van der Waals surface area contributed by atoms with Crippen molar-refractivity contribution in [2.75, 3.05) is 16.0 Å². The summed E-state index contributed by atoms with van der Waals surface area (Å²) in [4.78, 5) is 26.9. The molecule has 30 heavy (non-hydrogen) atoms. The number of rotatable bonds is 5. The minimum Gasteiger partial charge on any atom is -0.322 e. The lowest BCUT2D eigenvalue weighted by molar-refractivity contribution is -0.115. The minimum atomic E-state index is -0.253. The van der Waals surface area contributed by atoms with Crippen LogP contribution in [0.25, 0.3) is 0 Å². The van der Waals surface area contributed by atoms with Crippen LogP contribution in [0.15, 0.2) is 72.8 Å². The monoisotopic (exact) mass is 436 g/mol. The molecule has 0 aromatic heterocycles. The lowest BCUT2D eigenvalue weighted by Gasteiger charge is -2.25. The molecule has 1 fully saturated rings. The van der Waals surface area contributed by atoms with Gasteiger partial charge in [0.1, 0.15) is 5.37 Å². The predicted octanol–water partition coefficient (Wildman–Crippen LogP) is 5.93. The highest BCUT2D eigenvalue weighted by atomic mass is 35.5. The van der Waals surface area contributed by atoms with E-state index in [1.165, 1.54) is 5.56 Å². The molecule has 2 amide bonds. The van der Waals surface area contributed by atoms with E-state index < -0.39 is 0 Å². The summed E-state index contributed by atoms with van der Waals surface area (Å²) in [5, 5.41) is 3.20. The van der Waals surface area contributed by atoms with Crippen LogP contribution >= 0.6 is 23.4 Å². The predicted molar refractivity (Wildman–Crippen MR) is 124 cm³/mol. The molecule has 1 aliphatic heterocycles. The Morgan fingerprint density at radius 1 is 1.10 bits per heavy atom. The van der Waals surface area contributed by atoms with Gasteiger partial charge in [-0.1, -0.05) is 54.9 Å². The first-order valence-corrected chi connectivity index (χ1v) is 11.2. The highest BCUT2D eigenvalue weighted by molar-refractivity contribution is 8.00. The molecule has 1 N–H and O–H groups in total. The maximum absolute atomic E-state index is 12.6. The number of anilines is 2. The van der Waals surface area contributed by atoms with Gasteiger partial charge in [0, 0.05) is 11.4 Å². The van der Waals surface area contributed by atoms with Crippen LogP contribution in [0.1, 0.15) is 33.8 Å². The van der Waals surface area contributed by atoms with Gasteiger partial charge in [-0.3, -0.25) is 14.5 Å².